The van der Waals surface area contributed by atoms with Gasteiger partial charge in [0.1, 0.15) is 5.69 Å². The van der Waals surface area contributed by atoms with Gasteiger partial charge >= 0.3 is 5.97 Å². The Hall–Kier alpha value is -2.84. The van der Waals surface area contributed by atoms with E-state index in [1.54, 1.807) is 29.1 Å². The number of halogens is 2. The summed E-state index contributed by atoms with van der Waals surface area (Å²) in [5.74, 6) is -0.791. The van der Waals surface area contributed by atoms with Gasteiger partial charge in [0.15, 0.2) is 5.84 Å². The van der Waals surface area contributed by atoms with Crippen LogP contribution in [0.25, 0.3) is 11.3 Å². The number of benzene rings is 1. The van der Waals surface area contributed by atoms with Crippen LogP contribution in [0.15, 0.2) is 35.6 Å². The molecule has 3 rings (SSSR count). The Morgan fingerprint density at radius 2 is 2.12 bits per heavy atom. The lowest BCUT2D eigenvalue weighted by atomic mass is 10.2. The maximum atomic E-state index is 12.1. The van der Waals surface area contributed by atoms with E-state index in [0.29, 0.717) is 21.3 Å². The minimum atomic E-state index is -0.738. The second-order valence-electron chi connectivity index (χ2n) is 5.41. The molecule has 0 atom stereocenters. The highest BCUT2D eigenvalue weighted by Crippen LogP contribution is 2.22. The molecule has 0 saturated carbocycles. The molecular weight excluding hydrogens is 379 g/mol. The molecule has 8 nitrogen and oxygen atoms in total. The zero-order chi connectivity index (χ0) is 18.8. The number of H-pyrrole nitrogens is 1. The van der Waals surface area contributed by atoms with Crippen LogP contribution in [0.3, 0.4) is 0 Å². The van der Waals surface area contributed by atoms with Crippen molar-refractivity contribution in [1.82, 2.24) is 20.0 Å². The lowest BCUT2D eigenvalue weighted by Gasteiger charge is -2.03. The average Bonchev–Trinajstić information content (AvgIpc) is 3.20. The second kappa shape index (κ2) is 7.19. The van der Waals surface area contributed by atoms with Crippen molar-refractivity contribution in [2.24, 2.45) is 17.9 Å². The number of rotatable bonds is 4. The monoisotopic (exact) mass is 392 g/mol. The fourth-order valence-corrected chi connectivity index (χ4v) is 2.71. The molecule has 2 aromatic heterocycles. The quantitative estimate of drug-likeness (QED) is 0.306. The largest absolute Gasteiger partial charge is 0.383 e. The SMILES string of the molecule is Cc1c(-c2cc(C(=O)O/N=C(\N)c3ccc(Cl)cc3Cl)[nH]n2)cnn1C. The Morgan fingerprint density at radius 3 is 2.77 bits per heavy atom. The lowest BCUT2D eigenvalue weighted by molar-refractivity contribution is 0.0509. The number of hydrogen-bond acceptors (Lipinski definition) is 5. The third kappa shape index (κ3) is 3.56. The molecule has 0 fully saturated rings. The van der Waals surface area contributed by atoms with Crippen LogP contribution >= 0.6 is 23.2 Å². The van der Waals surface area contributed by atoms with Crippen LogP contribution in [-0.4, -0.2) is 31.8 Å². The molecule has 0 saturated heterocycles. The third-order valence-corrected chi connectivity index (χ3v) is 4.29. The summed E-state index contributed by atoms with van der Waals surface area (Å²) in [5, 5.41) is 15.2. The van der Waals surface area contributed by atoms with Gasteiger partial charge in [-0.15, -0.1) is 0 Å². The van der Waals surface area contributed by atoms with E-state index in [0.717, 1.165) is 11.3 Å². The number of hydrogen-bond donors (Lipinski definition) is 2. The summed E-state index contributed by atoms with van der Waals surface area (Å²) in [6.45, 7) is 1.90. The molecule has 2 heterocycles. The normalized spacial score (nSPS) is 11.6. The van der Waals surface area contributed by atoms with E-state index in [2.05, 4.69) is 20.5 Å². The van der Waals surface area contributed by atoms with Gasteiger partial charge in [-0.1, -0.05) is 28.4 Å². The number of nitrogens with zero attached hydrogens (tertiary/aromatic N) is 4. The minimum Gasteiger partial charge on any atom is -0.380 e. The summed E-state index contributed by atoms with van der Waals surface area (Å²) in [4.78, 5) is 17.0. The predicted molar refractivity (Wildman–Crippen MR) is 98.1 cm³/mol. The number of carbonyl (C=O) groups is 1. The van der Waals surface area contributed by atoms with Crippen LogP contribution in [0, 0.1) is 6.92 Å². The Labute approximate surface area is 158 Å². The van der Waals surface area contributed by atoms with Gasteiger partial charge in [0.2, 0.25) is 0 Å². The predicted octanol–water partition coefficient (Wildman–Crippen LogP) is 2.90. The molecule has 0 aliphatic heterocycles. The van der Waals surface area contributed by atoms with Gasteiger partial charge in [-0.25, -0.2) is 4.79 Å². The summed E-state index contributed by atoms with van der Waals surface area (Å²) >= 11 is 11.9. The number of amidine groups is 1. The van der Waals surface area contributed by atoms with Gasteiger partial charge in [-0.3, -0.25) is 9.78 Å². The van der Waals surface area contributed by atoms with Crippen LogP contribution < -0.4 is 5.73 Å². The first kappa shape index (κ1) is 18.0. The first-order valence-corrected chi connectivity index (χ1v) is 8.17. The van der Waals surface area contributed by atoms with E-state index in [1.165, 1.54) is 6.07 Å². The topological polar surface area (TPSA) is 111 Å². The first-order chi connectivity index (χ1) is 12.4. The van der Waals surface area contributed by atoms with Crippen LogP contribution in [-0.2, 0) is 11.9 Å². The van der Waals surface area contributed by atoms with Crippen molar-refractivity contribution in [1.29, 1.82) is 0 Å². The summed E-state index contributed by atoms with van der Waals surface area (Å²) in [6, 6.07) is 6.24. The minimum absolute atomic E-state index is 0.0529. The molecule has 0 aliphatic rings. The highest BCUT2D eigenvalue weighted by Gasteiger charge is 2.16. The Balaban J connectivity index is 1.75. The highest BCUT2D eigenvalue weighted by molar-refractivity contribution is 6.36. The molecule has 134 valence electrons. The van der Waals surface area contributed by atoms with E-state index in [1.807, 2.05) is 14.0 Å². The molecule has 10 heteroatoms. The average molecular weight is 393 g/mol. The number of aromatic amines is 1. The molecule has 0 bridgehead atoms. The number of carbonyl (C=O) groups excluding carboxylic acids is 1. The number of nitrogens with two attached hydrogens (primary N) is 1. The smallest absolute Gasteiger partial charge is 0.380 e. The molecule has 26 heavy (non-hydrogen) atoms. The number of oxime groups is 1. The van der Waals surface area contributed by atoms with E-state index in [-0.39, 0.29) is 11.5 Å². The molecule has 0 unspecified atom stereocenters. The third-order valence-electron chi connectivity index (χ3n) is 3.74. The van der Waals surface area contributed by atoms with Gasteiger partial charge < -0.3 is 10.6 Å². The summed E-state index contributed by atoms with van der Waals surface area (Å²) < 4.78 is 1.71. The van der Waals surface area contributed by atoms with E-state index in [9.17, 15) is 4.79 Å². The van der Waals surface area contributed by atoms with Gasteiger partial charge in [-0.05, 0) is 31.2 Å². The Kier molecular flexibility index (Phi) is 4.97. The maximum Gasteiger partial charge on any atom is 0.383 e. The zero-order valence-electron chi connectivity index (χ0n) is 13.8. The van der Waals surface area contributed by atoms with Crippen molar-refractivity contribution in [3.8, 4) is 11.3 Å². The van der Waals surface area contributed by atoms with Gasteiger partial charge in [-0.2, -0.15) is 10.2 Å². The number of nitrogens with one attached hydrogen (secondary N) is 1. The van der Waals surface area contributed by atoms with Crippen LogP contribution in [0.5, 0.6) is 0 Å². The van der Waals surface area contributed by atoms with Crippen molar-refractivity contribution >= 4 is 35.0 Å². The van der Waals surface area contributed by atoms with Crippen molar-refractivity contribution in [3.05, 3.63) is 57.5 Å². The lowest BCUT2D eigenvalue weighted by Crippen LogP contribution is -2.16. The molecule has 0 radical (unpaired) electrons. The van der Waals surface area contributed by atoms with Crippen molar-refractivity contribution in [3.63, 3.8) is 0 Å². The number of aromatic nitrogens is 4. The molecule has 0 spiro atoms. The number of aryl methyl sites for hydroxylation is 1. The Bertz CT molecular complexity index is 1010. The standard InChI is InChI=1S/C16H14Cl2N6O2/c1-8-11(7-20-24(8)2)13-6-14(22-21-13)16(25)26-23-15(19)10-4-3-9(17)5-12(10)18/h3-7H,1-2H3,(H2,19,23)(H,21,22). The van der Waals surface area contributed by atoms with E-state index < -0.39 is 5.97 Å². The second-order valence-corrected chi connectivity index (χ2v) is 6.26. The Morgan fingerprint density at radius 1 is 1.35 bits per heavy atom. The molecule has 3 aromatic rings. The van der Waals surface area contributed by atoms with Crippen LogP contribution in [0.2, 0.25) is 10.0 Å². The summed E-state index contributed by atoms with van der Waals surface area (Å²) in [5.41, 5.74) is 8.62. The fraction of sp³-hybridized carbons (Fsp3) is 0.125. The van der Waals surface area contributed by atoms with Gasteiger partial charge in [0.05, 0.1) is 16.9 Å². The van der Waals surface area contributed by atoms with Gasteiger partial charge in [0.25, 0.3) is 0 Å². The van der Waals surface area contributed by atoms with Crippen LogP contribution in [0.4, 0.5) is 0 Å². The fourth-order valence-electron chi connectivity index (χ4n) is 2.20. The van der Waals surface area contributed by atoms with E-state index >= 15 is 0 Å². The molecule has 1 aromatic carbocycles. The summed E-state index contributed by atoms with van der Waals surface area (Å²) in [7, 11) is 1.82. The van der Waals surface area contributed by atoms with E-state index in [4.69, 9.17) is 33.8 Å². The zero-order valence-corrected chi connectivity index (χ0v) is 15.3. The van der Waals surface area contributed by atoms with Crippen LogP contribution in [0.1, 0.15) is 21.7 Å². The molecular formula is C16H14Cl2N6O2. The molecule has 0 aliphatic carbocycles. The van der Waals surface area contributed by atoms with Crippen molar-refractivity contribution < 1.29 is 9.63 Å². The summed E-state index contributed by atoms with van der Waals surface area (Å²) in [6.07, 6.45) is 1.67. The molecule has 3 N–H and O–H groups in total. The van der Waals surface area contributed by atoms with Crippen molar-refractivity contribution in [2.45, 2.75) is 6.92 Å². The maximum absolute atomic E-state index is 12.1. The van der Waals surface area contributed by atoms with Crippen molar-refractivity contribution in [2.75, 3.05) is 0 Å². The van der Waals surface area contributed by atoms with Gasteiger partial charge in [0, 0.05) is 28.9 Å². The molecule has 0 amide bonds. The highest BCUT2D eigenvalue weighted by atomic mass is 35.5. The first-order valence-electron chi connectivity index (χ1n) is 7.41.